The molecular formula is C15H9I3O7S. The highest BCUT2D eigenvalue weighted by Gasteiger charge is 2.17. The summed E-state index contributed by atoms with van der Waals surface area (Å²) >= 11 is 6.30. The number of ether oxygens (including phenoxy) is 2. The van der Waals surface area contributed by atoms with Crippen molar-refractivity contribution < 1.29 is 32.0 Å². The predicted octanol–water partition coefficient (Wildman–Crippen LogP) is 3.51. The second-order valence-electron chi connectivity index (χ2n) is 4.72. The zero-order valence-electron chi connectivity index (χ0n) is 12.6. The number of halogens is 3. The maximum Gasteiger partial charge on any atom is 0.349 e. The lowest BCUT2D eigenvalue weighted by atomic mass is 10.2. The van der Waals surface area contributed by atoms with E-state index in [1.54, 1.807) is 12.1 Å². The van der Waals surface area contributed by atoms with E-state index in [1.165, 1.54) is 12.1 Å². The van der Waals surface area contributed by atoms with Crippen LogP contribution in [0.2, 0.25) is 0 Å². The SMILES string of the molecule is O=C(COC(=O)c1ccc(I)c(I)c1I)Oc1ccc(S(=O)(=O)O)cc1. The topological polar surface area (TPSA) is 107 Å². The van der Waals surface area contributed by atoms with Crippen LogP contribution in [0, 0.1) is 10.7 Å². The second kappa shape index (κ2) is 9.11. The molecule has 7 nitrogen and oxygen atoms in total. The van der Waals surface area contributed by atoms with Crippen molar-refractivity contribution in [3.63, 3.8) is 0 Å². The van der Waals surface area contributed by atoms with Gasteiger partial charge in [0.05, 0.1) is 10.5 Å². The van der Waals surface area contributed by atoms with Crippen LogP contribution in [0.25, 0.3) is 0 Å². The van der Waals surface area contributed by atoms with Crippen molar-refractivity contribution in [2.45, 2.75) is 4.90 Å². The minimum absolute atomic E-state index is 0.0526. The summed E-state index contributed by atoms with van der Waals surface area (Å²) in [7, 11) is -4.32. The quantitative estimate of drug-likeness (QED) is 0.166. The fourth-order valence-corrected chi connectivity index (χ4v) is 4.33. The molecule has 0 atom stereocenters. The average molecular weight is 714 g/mol. The molecule has 0 aromatic heterocycles. The van der Waals surface area contributed by atoms with Gasteiger partial charge in [-0.3, -0.25) is 4.55 Å². The van der Waals surface area contributed by atoms with Crippen molar-refractivity contribution in [3.05, 3.63) is 52.7 Å². The van der Waals surface area contributed by atoms with E-state index >= 15 is 0 Å². The van der Waals surface area contributed by atoms with E-state index in [0.717, 1.165) is 22.8 Å². The first kappa shape index (κ1) is 21.8. The Morgan fingerprint density at radius 3 is 2.15 bits per heavy atom. The molecule has 0 unspecified atom stereocenters. The minimum Gasteiger partial charge on any atom is -0.450 e. The smallest absolute Gasteiger partial charge is 0.349 e. The summed E-state index contributed by atoms with van der Waals surface area (Å²) in [6, 6.07) is 7.96. The molecule has 0 saturated heterocycles. The van der Waals surface area contributed by atoms with Gasteiger partial charge < -0.3 is 9.47 Å². The van der Waals surface area contributed by atoms with Crippen LogP contribution in [0.3, 0.4) is 0 Å². The summed E-state index contributed by atoms with van der Waals surface area (Å²) in [5, 5.41) is 0. The molecule has 2 aromatic carbocycles. The van der Waals surface area contributed by atoms with Crippen LogP contribution >= 0.6 is 67.8 Å². The summed E-state index contributed by atoms with van der Waals surface area (Å²) in [4.78, 5) is 23.5. The van der Waals surface area contributed by atoms with Gasteiger partial charge in [0.1, 0.15) is 5.75 Å². The molecule has 2 rings (SSSR count). The number of benzene rings is 2. The Labute approximate surface area is 190 Å². The molecule has 0 fully saturated rings. The Kier molecular flexibility index (Phi) is 7.63. The molecular weight excluding hydrogens is 705 g/mol. The van der Waals surface area contributed by atoms with Crippen LogP contribution < -0.4 is 4.74 Å². The van der Waals surface area contributed by atoms with E-state index in [4.69, 9.17) is 14.0 Å². The molecule has 0 bridgehead atoms. The number of hydrogen-bond donors (Lipinski definition) is 1. The van der Waals surface area contributed by atoms with Gasteiger partial charge >= 0.3 is 11.9 Å². The predicted molar refractivity (Wildman–Crippen MR) is 117 cm³/mol. The molecule has 26 heavy (non-hydrogen) atoms. The molecule has 11 heteroatoms. The van der Waals surface area contributed by atoms with Crippen molar-refractivity contribution in [2.24, 2.45) is 0 Å². The van der Waals surface area contributed by atoms with E-state index < -0.39 is 28.7 Å². The van der Waals surface area contributed by atoms with Gasteiger partial charge in [-0.2, -0.15) is 8.42 Å². The van der Waals surface area contributed by atoms with Crippen molar-refractivity contribution in [1.29, 1.82) is 0 Å². The standard InChI is InChI=1S/C15H9I3O7S/c16-11-6-5-10(13(17)14(11)18)15(20)24-7-12(19)25-8-1-3-9(4-2-8)26(21,22)23/h1-6H,7H2,(H,21,22,23). The molecule has 0 aliphatic carbocycles. The summed E-state index contributed by atoms with van der Waals surface area (Å²) in [6.07, 6.45) is 0. The lowest BCUT2D eigenvalue weighted by Crippen LogP contribution is -2.19. The molecule has 2 aromatic rings. The van der Waals surface area contributed by atoms with Crippen LogP contribution in [-0.4, -0.2) is 31.5 Å². The minimum atomic E-state index is -4.32. The van der Waals surface area contributed by atoms with Gasteiger partial charge in [0, 0.05) is 10.7 Å². The maximum atomic E-state index is 12.1. The van der Waals surface area contributed by atoms with Crippen molar-refractivity contribution >= 4 is 89.8 Å². The van der Waals surface area contributed by atoms with Gasteiger partial charge in [-0.15, -0.1) is 0 Å². The van der Waals surface area contributed by atoms with Gasteiger partial charge in [-0.1, -0.05) is 0 Å². The zero-order chi connectivity index (χ0) is 19.5. The highest BCUT2D eigenvalue weighted by molar-refractivity contribution is 14.1. The van der Waals surface area contributed by atoms with Gasteiger partial charge in [0.15, 0.2) is 6.61 Å². The molecule has 0 heterocycles. The molecule has 0 spiro atoms. The van der Waals surface area contributed by atoms with Gasteiger partial charge in [0.2, 0.25) is 0 Å². The van der Waals surface area contributed by atoms with Crippen molar-refractivity contribution in [3.8, 4) is 5.75 Å². The summed E-state index contributed by atoms with van der Waals surface area (Å²) in [5.74, 6) is -1.42. The fourth-order valence-electron chi connectivity index (χ4n) is 1.73. The first-order chi connectivity index (χ1) is 12.1. The number of carbonyl (C=O) groups excluding carboxylic acids is 2. The second-order valence-corrected chi connectivity index (χ2v) is 9.46. The number of rotatable bonds is 5. The maximum absolute atomic E-state index is 12.1. The number of esters is 2. The Bertz CT molecular complexity index is 956. The Morgan fingerprint density at radius 2 is 1.58 bits per heavy atom. The summed E-state index contributed by atoms with van der Waals surface area (Å²) in [6.45, 7) is -0.600. The average Bonchev–Trinajstić information content (AvgIpc) is 2.57. The zero-order valence-corrected chi connectivity index (χ0v) is 19.9. The number of hydrogen-bond acceptors (Lipinski definition) is 6. The molecule has 0 saturated carbocycles. The lowest BCUT2D eigenvalue weighted by Gasteiger charge is -2.09. The third kappa shape index (κ3) is 5.74. The number of carbonyl (C=O) groups is 2. The highest BCUT2D eigenvalue weighted by Crippen LogP contribution is 2.25. The van der Waals surface area contributed by atoms with Crippen LogP contribution in [0.15, 0.2) is 41.3 Å². The monoisotopic (exact) mass is 714 g/mol. The van der Waals surface area contributed by atoms with E-state index in [1.807, 2.05) is 22.6 Å². The normalized spacial score (nSPS) is 11.1. The third-order valence-electron chi connectivity index (χ3n) is 2.93. The largest absolute Gasteiger partial charge is 0.450 e. The summed E-state index contributed by atoms with van der Waals surface area (Å²) in [5.41, 5.74) is 0.348. The fraction of sp³-hybridized carbons (Fsp3) is 0.0667. The van der Waals surface area contributed by atoms with E-state index in [-0.39, 0.29) is 10.6 Å². The van der Waals surface area contributed by atoms with E-state index in [0.29, 0.717) is 5.56 Å². The molecule has 0 amide bonds. The van der Waals surface area contributed by atoms with Crippen LogP contribution in [0.5, 0.6) is 5.75 Å². The van der Waals surface area contributed by atoms with E-state index in [9.17, 15) is 18.0 Å². The van der Waals surface area contributed by atoms with E-state index in [2.05, 4.69) is 45.2 Å². The van der Waals surface area contributed by atoms with Gasteiger partial charge in [0.25, 0.3) is 10.1 Å². The molecule has 0 aliphatic heterocycles. The van der Waals surface area contributed by atoms with Crippen LogP contribution in [0.4, 0.5) is 0 Å². The molecule has 0 radical (unpaired) electrons. The highest BCUT2D eigenvalue weighted by atomic mass is 127. The van der Waals surface area contributed by atoms with Crippen molar-refractivity contribution in [1.82, 2.24) is 0 Å². The van der Waals surface area contributed by atoms with Crippen LogP contribution in [0.1, 0.15) is 10.4 Å². The first-order valence-corrected chi connectivity index (χ1v) is 11.4. The Morgan fingerprint density at radius 1 is 0.962 bits per heavy atom. The molecule has 138 valence electrons. The molecule has 1 N–H and O–H groups in total. The lowest BCUT2D eigenvalue weighted by molar-refractivity contribution is -0.137. The Hall–Kier alpha value is -0.520. The van der Waals surface area contributed by atoms with Crippen LogP contribution in [-0.2, 0) is 19.6 Å². The first-order valence-electron chi connectivity index (χ1n) is 6.68. The summed E-state index contributed by atoms with van der Waals surface area (Å²) < 4.78 is 43.3. The van der Waals surface area contributed by atoms with Crippen molar-refractivity contribution in [2.75, 3.05) is 6.61 Å². The molecule has 0 aliphatic rings. The van der Waals surface area contributed by atoms with Gasteiger partial charge in [-0.25, -0.2) is 9.59 Å². The Balaban J connectivity index is 1.97. The van der Waals surface area contributed by atoms with Gasteiger partial charge in [-0.05, 0) is 104 Å². The third-order valence-corrected chi connectivity index (χ3v) is 9.00.